The van der Waals surface area contributed by atoms with Crippen LogP contribution < -0.4 is 5.32 Å². The smallest absolute Gasteiger partial charge is 0.257 e. The number of anilines is 1. The van der Waals surface area contributed by atoms with Gasteiger partial charge >= 0.3 is 0 Å². The number of rotatable bonds is 4. The molecule has 3 nitrogen and oxygen atoms in total. The number of halogens is 1. The van der Waals surface area contributed by atoms with Crippen LogP contribution in [0.15, 0.2) is 53.0 Å². The van der Waals surface area contributed by atoms with Crippen molar-refractivity contribution in [3.63, 3.8) is 0 Å². The molecule has 2 N–H and O–H groups in total. The van der Waals surface area contributed by atoms with Crippen LogP contribution in [0.3, 0.4) is 0 Å². The van der Waals surface area contributed by atoms with E-state index in [1.165, 1.54) is 0 Å². The summed E-state index contributed by atoms with van der Waals surface area (Å²) in [6.45, 7) is 2.02. The molecule has 1 amide bonds. The minimum Gasteiger partial charge on any atom is -0.378 e. The second-order valence-corrected chi connectivity index (χ2v) is 5.37. The second kappa shape index (κ2) is 6.68. The highest BCUT2D eigenvalue weighted by Gasteiger charge is 2.17. The molecule has 0 aliphatic heterocycles. The fraction of sp³-hybridized carbons (Fsp3) is 0.188. The van der Waals surface area contributed by atoms with E-state index in [2.05, 4.69) is 21.2 Å². The van der Waals surface area contributed by atoms with Crippen LogP contribution in [-0.2, 0) is 11.2 Å². The zero-order valence-corrected chi connectivity index (χ0v) is 12.7. The first-order chi connectivity index (χ1) is 9.61. The zero-order valence-electron chi connectivity index (χ0n) is 11.1. The SMILES string of the molecule is CCc1cc(Br)ccc1NC(=O)C(O)c1ccccc1. The molecule has 0 radical (unpaired) electrons. The van der Waals surface area contributed by atoms with Gasteiger partial charge in [-0.1, -0.05) is 53.2 Å². The Hall–Kier alpha value is -1.65. The van der Waals surface area contributed by atoms with E-state index < -0.39 is 12.0 Å². The zero-order chi connectivity index (χ0) is 14.5. The third-order valence-corrected chi connectivity index (χ3v) is 3.56. The van der Waals surface area contributed by atoms with Crippen molar-refractivity contribution in [1.29, 1.82) is 0 Å². The number of hydrogen-bond acceptors (Lipinski definition) is 2. The molecule has 1 atom stereocenters. The Balaban J connectivity index is 2.16. The van der Waals surface area contributed by atoms with E-state index in [0.717, 1.165) is 22.1 Å². The summed E-state index contributed by atoms with van der Waals surface area (Å²) < 4.78 is 0.968. The van der Waals surface area contributed by atoms with Gasteiger partial charge in [0.25, 0.3) is 5.91 Å². The average Bonchev–Trinajstić information content (AvgIpc) is 2.49. The van der Waals surface area contributed by atoms with Gasteiger partial charge in [0.15, 0.2) is 6.10 Å². The lowest BCUT2D eigenvalue weighted by Crippen LogP contribution is -2.21. The third-order valence-electron chi connectivity index (χ3n) is 3.07. The second-order valence-electron chi connectivity index (χ2n) is 4.46. The molecule has 2 rings (SSSR count). The quantitative estimate of drug-likeness (QED) is 0.896. The molecular formula is C16H16BrNO2. The minimum absolute atomic E-state index is 0.423. The lowest BCUT2D eigenvalue weighted by atomic mass is 10.1. The summed E-state index contributed by atoms with van der Waals surface area (Å²) in [4.78, 5) is 12.1. The highest BCUT2D eigenvalue weighted by Crippen LogP contribution is 2.23. The minimum atomic E-state index is -1.16. The molecule has 0 aliphatic carbocycles. The van der Waals surface area contributed by atoms with Crippen LogP contribution in [0.4, 0.5) is 5.69 Å². The van der Waals surface area contributed by atoms with Crippen molar-refractivity contribution in [3.05, 3.63) is 64.1 Å². The fourth-order valence-corrected chi connectivity index (χ4v) is 2.37. The van der Waals surface area contributed by atoms with Gasteiger partial charge in [-0.2, -0.15) is 0 Å². The molecule has 0 bridgehead atoms. The van der Waals surface area contributed by atoms with Gasteiger partial charge in [-0.3, -0.25) is 4.79 Å². The highest BCUT2D eigenvalue weighted by molar-refractivity contribution is 9.10. The summed E-state index contributed by atoms with van der Waals surface area (Å²) in [5, 5.41) is 12.8. The molecule has 0 spiro atoms. The molecule has 2 aromatic rings. The van der Waals surface area contributed by atoms with Gasteiger partial charge in [0, 0.05) is 10.2 Å². The first-order valence-electron chi connectivity index (χ1n) is 6.44. The Morgan fingerprint density at radius 3 is 2.60 bits per heavy atom. The normalized spacial score (nSPS) is 11.9. The van der Waals surface area contributed by atoms with Crippen LogP contribution in [0, 0.1) is 0 Å². The van der Waals surface area contributed by atoms with Crippen LogP contribution in [0.1, 0.15) is 24.2 Å². The van der Waals surface area contributed by atoms with Gasteiger partial charge in [-0.15, -0.1) is 0 Å². The van der Waals surface area contributed by atoms with Gasteiger partial charge in [0.1, 0.15) is 0 Å². The van der Waals surface area contributed by atoms with E-state index in [9.17, 15) is 9.90 Å². The summed E-state index contributed by atoms with van der Waals surface area (Å²) in [7, 11) is 0. The maximum absolute atomic E-state index is 12.1. The molecule has 104 valence electrons. The molecule has 0 aromatic heterocycles. The van der Waals surface area contributed by atoms with Crippen molar-refractivity contribution in [2.24, 2.45) is 0 Å². The van der Waals surface area contributed by atoms with Gasteiger partial charge in [0.05, 0.1) is 0 Å². The van der Waals surface area contributed by atoms with Crippen LogP contribution in [0.2, 0.25) is 0 Å². The predicted octanol–water partition coefficient (Wildman–Crippen LogP) is 3.68. The first-order valence-corrected chi connectivity index (χ1v) is 7.23. The fourth-order valence-electron chi connectivity index (χ4n) is 1.96. The van der Waals surface area contributed by atoms with Crippen molar-refractivity contribution in [2.45, 2.75) is 19.4 Å². The largest absolute Gasteiger partial charge is 0.378 e. The lowest BCUT2D eigenvalue weighted by Gasteiger charge is -2.14. The number of hydrogen-bond donors (Lipinski definition) is 2. The van der Waals surface area contributed by atoms with E-state index in [0.29, 0.717) is 5.56 Å². The van der Waals surface area contributed by atoms with Gasteiger partial charge in [-0.05, 0) is 35.7 Å². The van der Waals surface area contributed by atoms with Gasteiger partial charge in [0.2, 0.25) is 0 Å². The number of aliphatic hydroxyl groups excluding tert-OH is 1. The standard InChI is InChI=1S/C16H16BrNO2/c1-2-11-10-13(17)8-9-14(11)18-16(20)15(19)12-6-4-3-5-7-12/h3-10,15,19H,2H2,1H3,(H,18,20). The number of carbonyl (C=O) groups is 1. The molecule has 4 heteroatoms. The van der Waals surface area contributed by atoms with Crippen LogP contribution >= 0.6 is 15.9 Å². The molecular weight excluding hydrogens is 318 g/mol. The number of carbonyl (C=O) groups excluding carboxylic acids is 1. The van der Waals surface area contributed by atoms with Gasteiger partial charge in [-0.25, -0.2) is 0 Å². The molecule has 20 heavy (non-hydrogen) atoms. The Bertz CT molecular complexity index is 599. The summed E-state index contributed by atoms with van der Waals surface area (Å²) >= 11 is 3.41. The molecule has 0 aliphatic rings. The van der Waals surface area contributed by atoms with E-state index in [1.54, 1.807) is 24.3 Å². The summed E-state index contributed by atoms with van der Waals surface area (Å²) in [6, 6.07) is 14.6. The lowest BCUT2D eigenvalue weighted by molar-refractivity contribution is -0.124. The maximum Gasteiger partial charge on any atom is 0.257 e. The molecule has 0 saturated heterocycles. The number of nitrogens with one attached hydrogen (secondary N) is 1. The summed E-state index contributed by atoms with van der Waals surface area (Å²) in [5.41, 5.74) is 2.34. The van der Waals surface area contributed by atoms with Crippen molar-refractivity contribution >= 4 is 27.5 Å². The van der Waals surface area contributed by atoms with Crippen molar-refractivity contribution in [2.75, 3.05) is 5.32 Å². The number of amides is 1. The Morgan fingerprint density at radius 2 is 1.95 bits per heavy atom. The topological polar surface area (TPSA) is 49.3 Å². The van der Waals surface area contributed by atoms with Crippen LogP contribution in [-0.4, -0.2) is 11.0 Å². The van der Waals surface area contributed by atoms with E-state index in [1.807, 2.05) is 31.2 Å². The van der Waals surface area contributed by atoms with Crippen molar-refractivity contribution in [3.8, 4) is 0 Å². The average molecular weight is 334 g/mol. The number of aliphatic hydroxyl groups is 1. The Morgan fingerprint density at radius 1 is 1.25 bits per heavy atom. The maximum atomic E-state index is 12.1. The third kappa shape index (κ3) is 3.46. The van der Waals surface area contributed by atoms with E-state index in [-0.39, 0.29) is 0 Å². The van der Waals surface area contributed by atoms with Crippen molar-refractivity contribution in [1.82, 2.24) is 0 Å². The first kappa shape index (κ1) is 14.8. The molecule has 0 fully saturated rings. The van der Waals surface area contributed by atoms with Crippen molar-refractivity contribution < 1.29 is 9.90 Å². The predicted molar refractivity (Wildman–Crippen MR) is 83.6 cm³/mol. The van der Waals surface area contributed by atoms with Gasteiger partial charge < -0.3 is 10.4 Å². The number of aryl methyl sites for hydroxylation is 1. The molecule has 2 aromatic carbocycles. The van der Waals surface area contributed by atoms with Crippen LogP contribution in [0.25, 0.3) is 0 Å². The molecule has 0 heterocycles. The highest BCUT2D eigenvalue weighted by atomic mass is 79.9. The molecule has 0 saturated carbocycles. The van der Waals surface area contributed by atoms with E-state index in [4.69, 9.17) is 0 Å². The van der Waals surface area contributed by atoms with Crippen LogP contribution in [0.5, 0.6) is 0 Å². The number of benzene rings is 2. The summed E-state index contributed by atoms with van der Waals surface area (Å²) in [5.74, 6) is -0.423. The summed E-state index contributed by atoms with van der Waals surface area (Å²) in [6.07, 6.45) is -0.360. The van der Waals surface area contributed by atoms with E-state index >= 15 is 0 Å². The molecule has 1 unspecified atom stereocenters. The monoisotopic (exact) mass is 333 g/mol. The Labute approximate surface area is 126 Å². The Kier molecular flexibility index (Phi) is 4.93.